The summed E-state index contributed by atoms with van der Waals surface area (Å²) in [6, 6.07) is 12.2. The maximum atomic E-state index is 12.7. The smallest absolute Gasteiger partial charge is 0.254 e. The number of carbonyl (C=O) groups is 1. The van der Waals surface area contributed by atoms with Crippen LogP contribution < -0.4 is 10.6 Å². The first-order valence-electron chi connectivity index (χ1n) is 10.9. The summed E-state index contributed by atoms with van der Waals surface area (Å²) in [6.07, 6.45) is 6.83. The van der Waals surface area contributed by atoms with Gasteiger partial charge in [0.1, 0.15) is 11.5 Å². The number of aryl methyl sites for hydroxylation is 1. The van der Waals surface area contributed by atoms with Gasteiger partial charge in [0.05, 0.1) is 29.7 Å². The van der Waals surface area contributed by atoms with Gasteiger partial charge in [0.15, 0.2) is 0 Å². The molecule has 0 spiro atoms. The third-order valence-electron chi connectivity index (χ3n) is 6.36. The summed E-state index contributed by atoms with van der Waals surface area (Å²) in [6.45, 7) is 4.11. The van der Waals surface area contributed by atoms with Crippen LogP contribution in [0.3, 0.4) is 0 Å². The quantitative estimate of drug-likeness (QED) is 0.512. The molecular formula is C25H23N5O2. The number of aromatic nitrogens is 3. The highest BCUT2D eigenvalue weighted by Crippen LogP contribution is 2.35. The minimum Gasteiger partial charge on any atom is -0.381 e. The summed E-state index contributed by atoms with van der Waals surface area (Å²) in [7, 11) is 0. The van der Waals surface area contributed by atoms with Crippen LogP contribution in [0.15, 0.2) is 55.0 Å². The Morgan fingerprint density at radius 2 is 2.09 bits per heavy atom. The van der Waals surface area contributed by atoms with Crippen molar-refractivity contribution in [1.29, 1.82) is 0 Å². The maximum absolute atomic E-state index is 12.7. The number of nitrogens with one attached hydrogen (secondary N) is 2. The lowest BCUT2D eigenvalue weighted by Crippen LogP contribution is -2.13. The van der Waals surface area contributed by atoms with E-state index in [0.29, 0.717) is 23.8 Å². The molecule has 0 saturated carbocycles. The number of benzene rings is 1. The molecule has 5 heterocycles. The lowest BCUT2D eigenvalue weighted by Gasteiger charge is -2.14. The Hall–Kier alpha value is -3.71. The van der Waals surface area contributed by atoms with Gasteiger partial charge in [0.25, 0.3) is 5.91 Å². The number of pyridine rings is 2. The number of anilines is 2. The topological polar surface area (TPSA) is 80.5 Å². The van der Waals surface area contributed by atoms with E-state index in [1.807, 2.05) is 30.7 Å². The number of hydrogen-bond acceptors (Lipinski definition) is 5. The number of hydrogen-bond donors (Lipinski definition) is 2. The van der Waals surface area contributed by atoms with E-state index in [4.69, 9.17) is 4.74 Å². The first-order valence-corrected chi connectivity index (χ1v) is 10.9. The molecule has 32 heavy (non-hydrogen) atoms. The van der Waals surface area contributed by atoms with E-state index < -0.39 is 0 Å². The Morgan fingerprint density at radius 1 is 1.16 bits per heavy atom. The van der Waals surface area contributed by atoms with Crippen molar-refractivity contribution >= 4 is 23.1 Å². The van der Waals surface area contributed by atoms with Crippen LogP contribution in [0.5, 0.6) is 0 Å². The van der Waals surface area contributed by atoms with E-state index in [0.717, 1.165) is 53.4 Å². The summed E-state index contributed by atoms with van der Waals surface area (Å²) < 4.78 is 7.54. The van der Waals surface area contributed by atoms with Crippen LogP contribution >= 0.6 is 0 Å². The first-order chi connectivity index (χ1) is 15.7. The Balaban J connectivity index is 1.36. The Bertz CT molecular complexity index is 1340. The third kappa shape index (κ3) is 3.13. The van der Waals surface area contributed by atoms with Gasteiger partial charge in [-0.15, -0.1) is 0 Å². The summed E-state index contributed by atoms with van der Waals surface area (Å²) in [5.41, 5.74) is 7.62. The second-order valence-corrected chi connectivity index (χ2v) is 8.43. The molecule has 4 aromatic rings. The molecule has 1 amide bonds. The molecule has 1 aromatic carbocycles. The monoisotopic (exact) mass is 425 g/mol. The van der Waals surface area contributed by atoms with Crippen LogP contribution in [-0.2, 0) is 11.3 Å². The molecule has 3 aromatic heterocycles. The highest BCUT2D eigenvalue weighted by molar-refractivity contribution is 6.06. The van der Waals surface area contributed by atoms with Gasteiger partial charge in [-0.05, 0) is 54.3 Å². The summed E-state index contributed by atoms with van der Waals surface area (Å²) in [5.74, 6) is 1.06. The van der Waals surface area contributed by atoms with E-state index in [1.165, 1.54) is 5.56 Å². The molecule has 1 atom stereocenters. The molecule has 0 radical (unpaired) electrons. The molecule has 1 saturated heterocycles. The van der Waals surface area contributed by atoms with Crippen LogP contribution in [0.4, 0.5) is 11.5 Å². The zero-order valence-electron chi connectivity index (χ0n) is 17.8. The second kappa shape index (κ2) is 7.46. The fraction of sp³-hybridized carbons (Fsp3) is 0.240. The number of amides is 1. The number of ether oxygens (including phenoxy) is 1. The van der Waals surface area contributed by atoms with Gasteiger partial charge in [-0.2, -0.15) is 0 Å². The molecule has 7 heteroatoms. The molecule has 2 aliphatic rings. The van der Waals surface area contributed by atoms with E-state index in [-0.39, 0.29) is 5.91 Å². The lowest BCUT2D eigenvalue weighted by atomic mass is 9.99. The number of carbonyl (C=O) groups excluding carboxylic acids is 1. The number of fused-ring (bicyclic) bond motifs is 2. The van der Waals surface area contributed by atoms with Crippen molar-refractivity contribution in [2.24, 2.45) is 0 Å². The molecule has 0 unspecified atom stereocenters. The largest absolute Gasteiger partial charge is 0.381 e. The van der Waals surface area contributed by atoms with Gasteiger partial charge in [-0.1, -0.05) is 12.1 Å². The van der Waals surface area contributed by atoms with Crippen LogP contribution in [0.2, 0.25) is 0 Å². The molecular weight excluding hydrogens is 402 g/mol. The predicted octanol–water partition coefficient (Wildman–Crippen LogP) is 4.20. The van der Waals surface area contributed by atoms with Crippen molar-refractivity contribution in [3.8, 4) is 11.3 Å². The molecule has 7 nitrogen and oxygen atoms in total. The van der Waals surface area contributed by atoms with Gasteiger partial charge < -0.3 is 15.4 Å². The molecule has 2 aliphatic heterocycles. The van der Waals surface area contributed by atoms with Crippen molar-refractivity contribution < 1.29 is 9.53 Å². The van der Waals surface area contributed by atoms with Gasteiger partial charge >= 0.3 is 0 Å². The molecule has 1 fully saturated rings. The van der Waals surface area contributed by atoms with Crippen LogP contribution in [-0.4, -0.2) is 33.5 Å². The molecule has 0 bridgehead atoms. The Labute approximate surface area is 185 Å². The van der Waals surface area contributed by atoms with Gasteiger partial charge in [0.2, 0.25) is 0 Å². The zero-order valence-corrected chi connectivity index (χ0v) is 17.8. The Morgan fingerprint density at radius 3 is 2.91 bits per heavy atom. The summed E-state index contributed by atoms with van der Waals surface area (Å²) in [4.78, 5) is 21.9. The predicted molar refractivity (Wildman–Crippen MR) is 122 cm³/mol. The lowest BCUT2D eigenvalue weighted by molar-refractivity contribution is 0.0966. The van der Waals surface area contributed by atoms with Crippen molar-refractivity contribution in [1.82, 2.24) is 19.7 Å². The van der Waals surface area contributed by atoms with Gasteiger partial charge in [-0.25, -0.2) is 9.97 Å². The third-order valence-corrected chi connectivity index (χ3v) is 6.36. The van der Waals surface area contributed by atoms with Crippen LogP contribution in [0.1, 0.15) is 39.4 Å². The number of nitrogens with zero attached hydrogens (tertiary/aromatic N) is 3. The molecule has 6 rings (SSSR count). The minimum atomic E-state index is -0.0752. The highest BCUT2D eigenvalue weighted by Gasteiger charge is 2.27. The molecule has 2 N–H and O–H groups in total. The zero-order chi connectivity index (χ0) is 21.7. The van der Waals surface area contributed by atoms with Crippen LogP contribution in [0.25, 0.3) is 16.9 Å². The minimum absolute atomic E-state index is 0.0752. The second-order valence-electron chi connectivity index (χ2n) is 8.43. The standard InChI is InChI=1S/C25H23N5O2/c1-15-6-8-30-21(13-27-23(30)10-15)18-3-4-20(24-19(18)12-28-25(24)31)29-22-5-2-16(11-26-22)17-7-9-32-14-17/h2-6,8,10-11,13,17H,7,9,12,14H2,1H3,(H,26,29)(H,28,31)/t17-/m1/s1. The Kier molecular flexibility index (Phi) is 4.43. The first kappa shape index (κ1) is 19.0. The SMILES string of the molecule is Cc1ccn2c(-c3ccc(Nc4ccc([C@@H]5CCOC5)cn4)c4c3CNC4=O)cnc2c1. The summed E-state index contributed by atoms with van der Waals surface area (Å²) >= 11 is 0. The highest BCUT2D eigenvalue weighted by atomic mass is 16.5. The fourth-order valence-corrected chi connectivity index (χ4v) is 4.63. The normalized spacial score (nSPS) is 17.5. The van der Waals surface area contributed by atoms with E-state index in [9.17, 15) is 4.79 Å². The number of imidazole rings is 1. The molecule has 160 valence electrons. The van der Waals surface area contributed by atoms with E-state index >= 15 is 0 Å². The van der Waals surface area contributed by atoms with Gasteiger partial charge in [0, 0.05) is 37.0 Å². The van der Waals surface area contributed by atoms with Crippen molar-refractivity contribution in [2.45, 2.75) is 25.8 Å². The average Bonchev–Trinajstić information content (AvgIpc) is 3.55. The fourth-order valence-electron chi connectivity index (χ4n) is 4.63. The average molecular weight is 425 g/mol. The van der Waals surface area contributed by atoms with E-state index in [2.05, 4.69) is 56.2 Å². The van der Waals surface area contributed by atoms with Crippen LogP contribution in [0, 0.1) is 6.92 Å². The van der Waals surface area contributed by atoms with E-state index in [1.54, 1.807) is 0 Å². The van der Waals surface area contributed by atoms with Crippen molar-refractivity contribution in [2.75, 3.05) is 18.5 Å². The van der Waals surface area contributed by atoms with Gasteiger partial charge in [-0.3, -0.25) is 9.20 Å². The maximum Gasteiger partial charge on any atom is 0.254 e. The number of rotatable bonds is 4. The molecule has 0 aliphatic carbocycles. The van der Waals surface area contributed by atoms with Crippen molar-refractivity contribution in [3.05, 3.63) is 77.2 Å². The summed E-state index contributed by atoms with van der Waals surface area (Å²) in [5, 5.41) is 6.32. The van der Waals surface area contributed by atoms with Crippen molar-refractivity contribution in [3.63, 3.8) is 0 Å².